The van der Waals surface area contributed by atoms with Gasteiger partial charge in [-0.15, -0.1) is 0 Å². The Morgan fingerprint density at radius 1 is 1.24 bits per heavy atom. The molecule has 3 rings (SSSR count). The van der Waals surface area contributed by atoms with Gasteiger partial charge in [-0.25, -0.2) is 0 Å². The number of rotatable bonds is 8. The lowest BCUT2D eigenvalue weighted by atomic mass is 10.0. The molecule has 0 radical (unpaired) electrons. The molecule has 2 N–H and O–H groups in total. The van der Waals surface area contributed by atoms with Crippen molar-refractivity contribution in [2.24, 2.45) is 7.05 Å². The fraction of sp³-hybridized carbons (Fsp3) is 0.421. The molecule has 0 unspecified atom stereocenters. The molecule has 1 aromatic carbocycles. The van der Waals surface area contributed by atoms with E-state index in [1.165, 1.54) is 0 Å². The SMILES string of the molecule is Cn1cc(CCC(=O)N[C@H](Cc2ccccc2)C(=O)NC2CC2)cn1. The molecule has 132 valence electrons. The molecule has 6 nitrogen and oxygen atoms in total. The first-order valence-electron chi connectivity index (χ1n) is 8.71. The number of carbonyl (C=O) groups is 2. The third-order valence-corrected chi connectivity index (χ3v) is 4.26. The van der Waals surface area contributed by atoms with Crippen molar-refractivity contribution in [1.82, 2.24) is 20.4 Å². The molecule has 0 bridgehead atoms. The first-order valence-corrected chi connectivity index (χ1v) is 8.71. The van der Waals surface area contributed by atoms with Crippen LogP contribution in [0.1, 0.15) is 30.4 Å². The largest absolute Gasteiger partial charge is 0.352 e. The van der Waals surface area contributed by atoms with Gasteiger partial charge in [-0.3, -0.25) is 14.3 Å². The van der Waals surface area contributed by atoms with Gasteiger partial charge in [0, 0.05) is 32.1 Å². The molecular formula is C19H24N4O2. The molecule has 1 fully saturated rings. The highest BCUT2D eigenvalue weighted by Gasteiger charge is 2.28. The van der Waals surface area contributed by atoms with E-state index in [0.717, 1.165) is 24.0 Å². The Kier molecular flexibility index (Phi) is 5.48. The molecule has 1 heterocycles. The summed E-state index contributed by atoms with van der Waals surface area (Å²) in [7, 11) is 1.85. The number of hydrogen-bond acceptors (Lipinski definition) is 3. The van der Waals surface area contributed by atoms with Crippen LogP contribution in [0.4, 0.5) is 0 Å². The summed E-state index contributed by atoms with van der Waals surface area (Å²) in [6, 6.07) is 9.50. The van der Waals surface area contributed by atoms with Crippen LogP contribution in [-0.4, -0.2) is 33.7 Å². The number of amides is 2. The Balaban J connectivity index is 1.57. The van der Waals surface area contributed by atoms with Gasteiger partial charge in [-0.1, -0.05) is 30.3 Å². The second-order valence-corrected chi connectivity index (χ2v) is 6.61. The summed E-state index contributed by atoms with van der Waals surface area (Å²) >= 11 is 0. The maximum absolute atomic E-state index is 12.5. The third kappa shape index (κ3) is 5.45. The van der Waals surface area contributed by atoms with Gasteiger partial charge in [0.1, 0.15) is 6.04 Å². The predicted molar refractivity (Wildman–Crippen MR) is 94.8 cm³/mol. The van der Waals surface area contributed by atoms with Gasteiger partial charge in [0.25, 0.3) is 0 Å². The van der Waals surface area contributed by atoms with Gasteiger partial charge in [0.05, 0.1) is 6.20 Å². The second kappa shape index (κ2) is 7.96. The Morgan fingerprint density at radius 3 is 2.64 bits per heavy atom. The van der Waals surface area contributed by atoms with E-state index in [2.05, 4.69) is 15.7 Å². The lowest BCUT2D eigenvalue weighted by Gasteiger charge is -2.18. The number of aryl methyl sites for hydroxylation is 2. The van der Waals surface area contributed by atoms with Crippen molar-refractivity contribution < 1.29 is 9.59 Å². The Hall–Kier alpha value is -2.63. The average molecular weight is 340 g/mol. The highest BCUT2D eigenvalue weighted by atomic mass is 16.2. The Labute approximate surface area is 147 Å². The van der Waals surface area contributed by atoms with Gasteiger partial charge in [0.2, 0.25) is 11.8 Å². The van der Waals surface area contributed by atoms with Crippen molar-refractivity contribution in [3.05, 3.63) is 53.9 Å². The fourth-order valence-corrected chi connectivity index (χ4v) is 2.71. The van der Waals surface area contributed by atoms with Crippen LogP contribution in [0.25, 0.3) is 0 Å². The maximum atomic E-state index is 12.5. The van der Waals surface area contributed by atoms with Crippen molar-refractivity contribution >= 4 is 11.8 Å². The van der Waals surface area contributed by atoms with E-state index in [0.29, 0.717) is 19.3 Å². The van der Waals surface area contributed by atoms with Crippen LogP contribution in [0.2, 0.25) is 0 Å². The lowest BCUT2D eigenvalue weighted by molar-refractivity contribution is -0.129. The van der Waals surface area contributed by atoms with Crippen LogP contribution < -0.4 is 10.6 Å². The molecule has 6 heteroatoms. The van der Waals surface area contributed by atoms with E-state index in [9.17, 15) is 9.59 Å². The maximum Gasteiger partial charge on any atom is 0.243 e. The van der Waals surface area contributed by atoms with Crippen molar-refractivity contribution in [3.8, 4) is 0 Å². The van der Waals surface area contributed by atoms with Crippen molar-refractivity contribution in [2.45, 2.75) is 44.2 Å². The van der Waals surface area contributed by atoms with Crippen molar-refractivity contribution in [3.63, 3.8) is 0 Å². The molecule has 1 atom stereocenters. The number of benzene rings is 1. The topological polar surface area (TPSA) is 76.0 Å². The summed E-state index contributed by atoms with van der Waals surface area (Å²) in [5.41, 5.74) is 2.05. The van der Waals surface area contributed by atoms with Crippen molar-refractivity contribution in [2.75, 3.05) is 0 Å². The minimum absolute atomic E-state index is 0.0962. The van der Waals surface area contributed by atoms with E-state index < -0.39 is 6.04 Å². The number of nitrogens with zero attached hydrogens (tertiary/aromatic N) is 2. The van der Waals surface area contributed by atoms with Crippen LogP contribution in [0.5, 0.6) is 0 Å². The predicted octanol–water partition coefficient (Wildman–Crippen LogP) is 1.36. The number of aromatic nitrogens is 2. The summed E-state index contributed by atoms with van der Waals surface area (Å²) in [6.07, 6.45) is 7.16. The zero-order valence-electron chi connectivity index (χ0n) is 14.4. The fourth-order valence-electron chi connectivity index (χ4n) is 2.71. The smallest absolute Gasteiger partial charge is 0.243 e. The molecule has 25 heavy (non-hydrogen) atoms. The van der Waals surface area contributed by atoms with E-state index in [1.54, 1.807) is 10.9 Å². The summed E-state index contributed by atoms with van der Waals surface area (Å²) in [5, 5.41) is 9.99. The van der Waals surface area contributed by atoms with Crippen LogP contribution in [-0.2, 0) is 29.5 Å². The minimum Gasteiger partial charge on any atom is -0.352 e. The van der Waals surface area contributed by atoms with E-state index in [-0.39, 0.29) is 17.9 Å². The molecule has 1 saturated carbocycles. The minimum atomic E-state index is -0.538. The number of hydrogen-bond donors (Lipinski definition) is 2. The van der Waals surface area contributed by atoms with Gasteiger partial charge >= 0.3 is 0 Å². The quantitative estimate of drug-likeness (QED) is 0.762. The van der Waals surface area contributed by atoms with E-state index in [1.807, 2.05) is 43.6 Å². The molecule has 1 aromatic heterocycles. The first kappa shape index (κ1) is 17.2. The highest BCUT2D eigenvalue weighted by Crippen LogP contribution is 2.19. The summed E-state index contributed by atoms with van der Waals surface area (Å²) in [4.78, 5) is 24.8. The van der Waals surface area contributed by atoms with Gasteiger partial charge in [-0.05, 0) is 30.4 Å². The summed E-state index contributed by atoms with van der Waals surface area (Å²) in [6.45, 7) is 0. The van der Waals surface area contributed by atoms with Crippen LogP contribution >= 0.6 is 0 Å². The number of nitrogens with one attached hydrogen (secondary N) is 2. The molecule has 0 spiro atoms. The van der Waals surface area contributed by atoms with E-state index >= 15 is 0 Å². The lowest BCUT2D eigenvalue weighted by Crippen LogP contribution is -2.48. The second-order valence-electron chi connectivity index (χ2n) is 6.61. The Bertz CT molecular complexity index is 722. The standard InChI is InChI=1S/C19H24N4O2/c1-23-13-15(12-20-23)7-10-18(24)22-17(19(25)21-16-8-9-16)11-14-5-3-2-4-6-14/h2-6,12-13,16-17H,7-11H2,1H3,(H,21,25)(H,22,24)/t17-/m1/s1. The van der Waals surface area contributed by atoms with Crippen LogP contribution in [0, 0.1) is 0 Å². The normalized spacial score (nSPS) is 14.8. The summed E-state index contributed by atoms with van der Waals surface area (Å²) in [5.74, 6) is -0.211. The average Bonchev–Trinajstić information content (AvgIpc) is 3.32. The molecule has 0 aliphatic heterocycles. The van der Waals surface area contributed by atoms with Crippen molar-refractivity contribution in [1.29, 1.82) is 0 Å². The monoisotopic (exact) mass is 340 g/mol. The van der Waals surface area contributed by atoms with Gasteiger partial charge in [0.15, 0.2) is 0 Å². The van der Waals surface area contributed by atoms with Crippen LogP contribution in [0.15, 0.2) is 42.7 Å². The number of carbonyl (C=O) groups excluding carboxylic acids is 2. The molecular weight excluding hydrogens is 316 g/mol. The highest BCUT2D eigenvalue weighted by molar-refractivity contribution is 5.88. The molecule has 0 saturated heterocycles. The molecule has 2 amide bonds. The first-order chi connectivity index (χ1) is 12.1. The molecule has 2 aromatic rings. The zero-order valence-corrected chi connectivity index (χ0v) is 14.4. The third-order valence-electron chi connectivity index (χ3n) is 4.26. The molecule has 1 aliphatic rings. The van der Waals surface area contributed by atoms with Gasteiger partial charge in [-0.2, -0.15) is 5.10 Å². The van der Waals surface area contributed by atoms with Crippen LogP contribution in [0.3, 0.4) is 0 Å². The molecule has 1 aliphatic carbocycles. The van der Waals surface area contributed by atoms with Gasteiger partial charge < -0.3 is 10.6 Å². The van der Waals surface area contributed by atoms with E-state index in [4.69, 9.17) is 0 Å². The zero-order chi connectivity index (χ0) is 17.6. The summed E-state index contributed by atoms with van der Waals surface area (Å²) < 4.78 is 1.72. The Morgan fingerprint density at radius 2 is 2.00 bits per heavy atom.